The molecule has 3 rings (SSSR count). The van der Waals surface area contributed by atoms with Gasteiger partial charge in [0.2, 0.25) is 0 Å². The van der Waals surface area contributed by atoms with Crippen molar-refractivity contribution >= 4 is 23.7 Å². The topological polar surface area (TPSA) is 73.9 Å². The minimum absolute atomic E-state index is 0.256. The lowest BCUT2D eigenvalue weighted by Crippen LogP contribution is -2.45. The van der Waals surface area contributed by atoms with E-state index in [9.17, 15) is 9.59 Å². The van der Waals surface area contributed by atoms with Gasteiger partial charge in [-0.2, -0.15) is 0 Å². The van der Waals surface area contributed by atoms with E-state index in [1.165, 1.54) is 18.2 Å². The van der Waals surface area contributed by atoms with Crippen LogP contribution in [0.2, 0.25) is 5.02 Å². The van der Waals surface area contributed by atoms with Gasteiger partial charge in [-0.15, -0.1) is 0 Å². The Balaban J connectivity index is 1.58. The third kappa shape index (κ3) is 8.65. The van der Waals surface area contributed by atoms with Crippen LogP contribution in [-0.4, -0.2) is 30.8 Å². The summed E-state index contributed by atoms with van der Waals surface area (Å²) in [6.07, 6.45) is 0.392. The molecule has 1 amide bonds. The summed E-state index contributed by atoms with van der Waals surface area (Å²) >= 11 is 5.95. The van der Waals surface area contributed by atoms with Crippen LogP contribution in [0.25, 0.3) is 0 Å². The number of esters is 1. The van der Waals surface area contributed by atoms with Gasteiger partial charge >= 0.3 is 12.1 Å². The molecule has 35 heavy (non-hydrogen) atoms. The number of halogens is 1. The van der Waals surface area contributed by atoms with E-state index in [1.54, 1.807) is 20.8 Å². The minimum atomic E-state index is -0.866. The van der Waals surface area contributed by atoms with Crippen molar-refractivity contribution in [3.63, 3.8) is 0 Å². The molecule has 0 radical (unpaired) electrons. The normalized spacial score (nSPS) is 11.9. The number of alkyl carbamates (subject to hydrolysis) is 1. The van der Waals surface area contributed by atoms with Crippen molar-refractivity contribution in [3.05, 3.63) is 94.5 Å². The summed E-state index contributed by atoms with van der Waals surface area (Å²) < 4.78 is 16.0. The highest BCUT2D eigenvalue weighted by Crippen LogP contribution is 2.24. The van der Waals surface area contributed by atoms with E-state index in [1.807, 2.05) is 72.8 Å². The Morgan fingerprint density at radius 3 is 1.80 bits per heavy atom. The third-order valence-corrected chi connectivity index (χ3v) is 5.27. The molecular weight excluding hydrogens is 466 g/mol. The predicted octanol–water partition coefficient (Wildman–Crippen LogP) is 6.33. The van der Waals surface area contributed by atoms with Crippen LogP contribution >= 0.6 is 11.6 Å². The molecule has 0 aliphatic rings. The van der Waals surface area contributed by atoms with E-state index in [0.717, 1.165) is 22.8 Å². The smallest absolute Gasteiger partial charge is 0.408 e. The summed E-state index contributed by atoms with van der Waals surface area (Å²) in [5.41, 5.74) is 2.52. The lowest BCUT2D eigenvalue weighted by molar-refractivity contribution is -0.143. The Hall–Kier alpha value is -3.51. The average molecular weight is 496 g/mol. The summed E-state index contributed by atoms with van der Waals surface area (Å²) in [6.45, 7) is 5.27. The first kappa shape index (κ1) is 26.1. The van der Waals surface area contributed by atoms with E-state index in [0.29, 0.717) is 5.75 Å². The molecule has 0 fully saturated rings. The third-order valence-electron chi connectivity index (χ3n) is 5.02. The molecule has 0 aliphatic heterocycles. The zero-order valence-electron chi connectivity index (χ0n) is 20.3. The molecule has 0 unspecified atom stereocenters. The molecule has 3 aromatic rings. The maximum atomic E-state index is 12.2. The van der Waals surface area contributed by atoms with Crippen molar-refractivity contribution in [1.29, 1.82) is 0 Å². The van der Waals surface area contributed by atoms with Gasteiger partial charge in [0.1, 0.15) is 23.1 Å². The van der Waals surface area contributed by atoms with Gasteiger partial charge in [0.05, 0.1) is 7.11 Å². The maximum absolute atomic E-state index is 12.2. The lowest BCUT2D eigenvalue weighted by Gasteiger charge is -2.22. The van der Waals surface area contributed by atoms with Gasteiger partial charge in [-0.25, -0.2) is 9.59 Å². The van der Waals surface area contributed by atoms with Gasteiger partial charge < -0.3 is 19.5 Å². The van der Waals surface area contributed by atoms with Gasteiger partial charge in [0, 0.05) is 11.4 Å². The minimum Gasteiger partial charge on any atom is -0.467 e. The zero-order valence-corrected chi connectivity index (χ0v) is 21.1. The largest absolute Gasteiger partial charge is 0.467 e. The number of carbonyl (C=O) groups is 2. The number of hydrogen-bond donors (Lipinski definition) is 1. The van der Waals surface area contributed by atoms with Crippen LogP contribution < -0.4 is 10.1 Å². The van der Waals surface area contributed by atoms with Crippen LogP contribution in [0.4, 0.5) is 4.79 Å². The van der Waals surface area contributed by atoms with E-state index in [4.69, 9.17) is 25.8 Å². The molecule has 0 bridgehead atoms. The first-order chi connectivity index (χ1) is 16.6. The Bertz CT molecular complexity index is 1120. The molecule has 0 saturated carbocycles. The summed E-state index contributed by atoms with van der Waals surface area (Å²) in [4.78, 5) is 24.3. The Kier molecular flexibility index (Phi) is 8.77. The van der Waals surface area contributed by atoms with E-state index in [-0.39, 0.29) is 6.42 Å². The number of ether oxygens (including phenoxy) is 3. The van der Waals surface area contributed by atoms with E-state index >= 15 is 0 Å². The number of hydrogen-bond acceptors (Lipinski definition) is 5. The molecule has 3 aromatic carbocycles. The molecule has 7 heteroatoms. The zero-order chi connectivity index (χ0) is 25.4. The van der Waals surface area contributed by atoms with Gasteiger partial charge in [0.15, 0.2) is 0 Å². The Labute approximate surface area is 211 Å². The highest BCUT2D eigenvalue weighted by molar-refractivity contribution is 6.30. The van der Waals surface area contributed by atoms with Gasteiger partial charge in [-0.05, 0) is 80.3 Å². The standard InChI is InChI=1S/C28H30ClNO5/c1-28(2,3)35-27(32)30-25(26(31)33-4)18-21-9-15-24(16-10-21)34-23-13-7-20(8-14-23)17-19-5-11-22(29)12-6-19/h5-16,25H,17-18H2,1-4H3,(H,30,32)/t25-/m0/s1. The number of methoxy groups -OCH3 is 1. The summed E-state index contributed by atoms with van der Waals surface area (Å²) in [6, 6.07) is 22.2. The fraction of sp³-hybridized carbons (Fsp3) is 0.286. The molecular formula is C28H30ClNO5. The fourth-order valence-corrected chi connectivity index (χ4v) is 3.49. The van der Waals surface area contributed by atoms with Gasteiger partial charge in [-0.3, -0.25) is 0 Å². The van der Waals surface area contributed by atoms with Crippen LogP contribution in [-0.2, 0) is 27.1 Å². The predicted molar refractivity (Wildman–Crippen MR) is 136 cm³/mol. The van der Waals surface area contributed by atoms with Gasteiger partial charge in [0.25, 0.3) is 0 Å². The monoisotopic (exact) mass is 495 g/mol. The first-order valence-electron chi connectivity index (χ1n) is 11.3. The number of rotatable bonds is 8. The number of carbonyl (C=O) groups excluding carboxylic acids is 2. The van der Waals surface area contributed by atoms with Crippen LogP contribution in [0.1, 0.15) is 37.5 Å². The molecule has 6 nitrogen and oxygen atoms in total. The number of nitrogens with one attached hydrogen (secondary N) is 1. The van der Waals surface area contributed by atoms with Crippen molar-refractivity contribution in [1.82, 2.24) is 5.32 Å². The summed E-state index contributed by atoms with van der Waals surface area (Å²) in [5.74, 6) is 0.834. The second-order valence-electron chi connectivity index (χ2n) is 9.12. The van der Waals surface area contributed by atoms with Crippen LogP contribution in [0.5, 0.6) is 11.5 Å². The molecule has 0 spiro atoms. The van der Waals surface area contributed by atoms with Crippen molar-refractivity contribution in [2.75, 3.05) is 7.11 Å². The molecule has 0 heterocycles. The van der Waals surface area contributed by atoms with Crippen molar-refractivity contribution in [2.24, 2.45) is 0 Å². The Morgan fingerprint density at radius 2 is 1.31 bits per heavy atom. The molecule has 0 aliphatic carbocycles. The van der Waals surface area contributed by atoms with Crippen LogP contribution in [0, 0.1) is 0 Å². The second-order valence-corrected chi connectivity index (χ2v) is 9.56. The highest BCUT2D eigenvalue weighted by atomic mass is 35.5. The number of benzene rings is 3. The first-order valence-corrected chi connectivity index (χ1v) is 11.7. The van der Waals surface area contributed by atoms with E-state index in [2.05, 4.69) is 5.32 Å². The lowest BCUT2D eigenvalue weighted by atomic mass is 10.1. The fourth-order valence-electron chi connectivity index (χ4n) is 3.36. The van der Waals surface area contributed by atoms with Crippen LogP contribution in [0.3, 0.4) is 0 Å². The van der Waals surface area contributed by atoms with Crippen molar-refractivity contribution < 1.29 is 23.8 Å². The van der Waals surface area contributed by atoms with Crippen molar-refractivity contribution in [2.45, 2.75) is 45.3 Å². The van der Waals surface area contributed by atoms with Crippen LogP contribution in [0.15, 0.2) is 72.8 Å². The molecule has 1 N–H and O–H groups in total. The molecule has 184 valence electrons. The average Bonchev–Trinajstić information content (AvgIpc) is 2.81. The van der Waals surface area contributed by atoms with Gasteiger partial charge in [-0.1, -0.05) is 48.0 Å². The van der Waals surface area contributed by atoms with E-state index < -0.39 is 23.7 Å². The molecule has 0 saturated heterocycles. The molecule has 0 aromatic heterocycles. The van der Waals surface area contributed by atoms with Crippen molar-refractivity contribution in [3.8, 4) is 11.5 Å². The SMILES string of the molecule is COC(=O)[C@H](Cc1ccc(Oc2ccc(Cc3ccc(Cl)cc3)cc2)cc1)NC(=O)OC(C)(C)C. The molecule has 1 atom stereocenters. The maximum Gasteiger partial charge on any atom is 0.408 e. The summed E-state index contributed by atoms with van der Waals surface area (Å²) in [5, 5.41) is 3.30. The summed E-state index contributed by atoms with van der Waals surface area (Å²) in [7, 11) is 1.28. The number of amides is 1. The quantitative estimate of drug-likeness (QED) is 0.369. The highest BCUT2D eigenvalue weighted by Gasteiger charge is 2.25. The Morgan fingerprint density at radius 1 is 0.829 bits per heavy atom. The second kappa shape index (κ2) is 11.8.